The Hall–Kier alpha value is -1.25. The molecule has 0 amide bonds. The monoisotopic (exact) mass is 408 g/mol. The third-order valence-electron chi connectivity index (χ3n) is 6.58. The molecule has 2 N–H and O–H groups in total. The molecule has 7 heteroatoms. The zero-order chi connectivity index (χ0) is 19.4. The molecule has 2 aliphatic heterocycles. The SMILES string of the molecule is C[C@@H]1C(O)C2C[C@H](OC(=O)C(O)(c3cccs3)c3cccs3)CC1[N+]2(C)C. The molecule has 0 radical (unpaired) electrons. The lowest BCUT2D eigenvalue weighted by atomic mass is 9.94. The predicted molar refractivity (Wildman–Crippen MR) is 106 cm³/mol. The minimum atomic E-state index is -1.77. The maximum absolute atomic E-state index is 13.2. The summed E-state index contributed by atoms with van der Waals surface area (Å²) in [6, 6.07) is 7.47. The van der Waals surface area contributed by atoms with Gasteiger partial charge in [0.15, 0.2) is 0 Å². The Morgan fingerprint density at radius 2 is 1.70 bits per heavy atom. The normalized spacial score (nSPS) is 32.4. The molecule has 5 nitrogen and oxygen atoms in total. The first-order valence-corrected chi connectivity index (χ1v) is 11.0. The van der Waals surface area contributed by atoms with Crippen LogP contribution in [0.3, 0.4) is 0 Å². The van der Waals surface area contributed by atoms with Gasteiger partial charge in [-0.2, -0.15) is 0 Å². The van der Waals surface area contributed by atoms with E-state index in [1.807, 2.05) is 22.9 Å². The number of ether oxygens (including phenoxy) is 1. The van der Waals surface area contributed by atoms with Gasteiger partial charge < -0.3 is 19.4 Å². The average Bonchev–Trinajstić information content (AvgIpc) is 3.35. The number of fused-ring (bicyclic) bond motifs is 2. The molecule has 0 aliphatic carbocycles. The van der Waals surface area contributed by atoms with Crippen LogP contribution < -0.4 is 0 Å². The van der Waals surface area contributed by atoms with E-state index in [1.54, 1.807) is 12.1 Å². The van der Waals surface area contributed by atoms with Crippen LogP contribution in [-0.4, -0.2) is 59.1 Å². The van der Waals surface area contributed by atoms with E-state index in [-0.39, 0.29) is 30.2 Å². The average molecular weight is 409 g/mol. The van der Waals surface area contributed by atoms with Crippen molar-refractivity contribution < 1.29 is 24.2 Å². The molecule has 2 aromatic heterocycles. The number of piperidine rings is 1. The van der Waals surface area contributed by atoms with Crippen molar-refractivity contribution in [2.45, 2.75) is 49.7 Å². The van der Waals surface area contributed by atoms with E-state index in [2.05, 4.69) is 21.0 Å². The Labute approximate surface area is 167 Å². The lowest BCUT2D eigenvalue weighted by Crippen LogP contribution is -2.58. The number of carbonyl (C=O) groups is 1. The van der Waals surface area contributed by atoms with Gasteiger partial charge in [0, 0.05) is 18.8 Å². The van der Waals surface area contributed by atoms with Crippen LogP contribution in [0.25, 0.3) is 0 Å². The van der Waals surface area contributed by atoms with Gasteiger partial charge in [-0.1, -0.05) is 19.1 Å². The smallest absolute Gasteiger partial charge is 0.349 e. The lowest BCUT2D eigenvalue weighted by molar-refractivity contribution is -0.934. The maximum atomic E-state index is 13.2. The molecule has 2 aromatic rings. The molecular formula is C20H26NO4S2+. The summed E-state index contributed by atoms with van der Waals surface area (Å²) < 4.78 is 6.64. The Morgan fingerprint density at radius 3 is 2.19 bits per heavy atom. The number of thiophene rings is 2. The molecule has 4 rings (SSSR count). The van der Waals surface area contributed by atoms with E-state index >= 15 is 0 Å². The molecule has 0 saturated carbocycles. The summed E-state index contributed by atoms with van der Waals surface area (Å²) in [5.74, 6) is -0.451. The van der Waals surface area contributed by atoms with Gasteiger partial charge in [0.2, 0.25) is 5.60 Å². The molecule has 2 fully saturated rings. The second-order valence-electron chi connectivity index (χ2n) is 8.28. The highest BCUT2D eigenvalue weighted by Gasteiger charge is 2.59. The third kappa shape index (κ3) is 2.87. The second-order valence-corrected chi connectivity index (χ2v) is 10.2. The largest absolute Gasteiger partial charge is 0.459 e. The van der Waals surface area contributed by atoms with E-state index < -0.39 is 11.6 Å². The van der Waals surface area contributed by atoms with Gasteiger partial charge in [0.25, 0.3) is 0 Å². The maximum Gasteiger partial charge on any atom is 0.349 e. The number of likely N-dealkylation sites (N-methyl/N-ethyl adjacent to an activating group) is 1. The van der Waals surface area contributed by atoms with Crippen molar-refractivity contribution >= 4 is 28.6 Å². The molecule has 146 valence electrons. The second kappa shape index (κ2) is 6.67. The van der Waals surface area contributed by atoms with Crippen LogP contribution in [-0.2, 0) is 15.1 Å². The molecule has 2 aliphatic rings. The quantitative estimate of drug-likeness (QED) is 0.603. The third-order valence-corrected chi connectivity index (χ3v) is 8.54. The number of aliphatic hydroxyl groups is 2. The summed E-state index contributed by atoms with van der Waals surface area (Å²) in [6.07, 6.45) is 0.649. The molecule has 0 spiro atoms. The summed E-state index contributed by atoms with van der Waals surface area (Å²) in [7, 11) is 4.29. The molecule has 5 atom stereocenters. The van der Waals surface area contributed by atoms with Crippen LogP contribution in [0.1, 0.15) is 29.5 Å². The van der Waals surface area contributed by atoms with E-state index in [1.165, 1.54) is 22.7 Å². The van der Waals surface area contributed by atoms with E-state index in [0.717, 1.165) is 4.48 Å². The fraction of sp³-hybridized carbons (Fsp3) is 0.550. The first kappa shape index (κ1) is 19.1. The number of esters is 1. The van der Waals surface area contributed by atoms with E-state index in [0.29, 0.717) is 22.6 Å². The fourth-order valence-electron chi connectivity index (χ4n) is 4.98. The van der Waals surface area contributed by atoms with Gasteiger partial charge in [0.05, 0.1) is 29.9 Å². The van der Waals surface area contributed by atoms with Crippen molar-refractivity contribution in [2.24, 2.45) is 5.92 Å². The van der Waals surface area contributed by atoms with Crippen LogP contribution >= 0.6 is 22.7 Å². The van der Waals surface area contributed by atoms with Gasteiger partial charge >= 0.3 is 5.97 Å². The molecule has 4 heterocycles. The lowest BCUT2D eigenvalue weighted by Gasteiger charge is -2.44. The standard InChI is InChI=1S/C20H26NO4S2/c1-12-14-10-13(11-15(18(12)22)21(14,2)3)25-19(23)20(24,16-6-4-8-26-16)17-7-5-9-27-17/h4-9,12-15,18,22,24H,10-11H2,1-3H3/q+1/t12-,13+,14?,15?,18?/m0/s1. The van der Waals surface area contributed by atoms with Crippen LogP contribution in [0.4, 0.5) is 0 Å². The van der Waals surface area contributed by atoms with Crippen molar-refractivity contribution in [3.63, 3.8) is 0 Å². The molecule has 2 saturated heterocycles. The zero-order valence-corrected chi connectivity index (χ0v) is 17.4. The number of quaternary nitrogens is 1. The summed E-state index contributed by atoms with van der Waals surface area (Å²) >= 11 is 2.69. The highest BCUT2D eigenvalue weighted by atomic mass is 32.1. The summed E-state index contributed by atoms with van der Waals surface area (Å²) in [5.41, 5.74) is -1.77. The Kier molecular flexibility index (Phi) is 4.71. The minimum absolute atomic E-state index is 0.0492. The van der Waals surface area contributed by atoms with Gasteiger partial charge in [-0.25, -0.2) is 4.79 Å². The van der Waals surface area contributed by atoms with Crippen LogP contribution in [0, 0.1) is 5.92 Å². The molecule has 3 unspecified atom stereocenters. The van der Waals surface area contributed by atoms with Crippen LogP contribution in [0.5, 0.6) is 0 Å². The van der Waals surface area contributed by atoms with E-state index in [9.17, 15) is 15.0 Å². The van der Waals surface area contributed by atoms with Gasteiger partial charge in [-0.05, 0) is 22.9 Å². The number of aliphatic hydroxyl groups excluding tert-OH is 1. The molecule has 0 aromatic carbocycles. The van der Waals surface area contributed by atoms with Crippen molar-refractivity contribution in [1.82, 2.24) is 0 Å². The van der Waals surface area contributed by atoms with Gasteiger partial charge in [0.1, 0.15) is 18.2 Å². The van der Waals surface area contributed by atoms with Crippen LogP contribution in [0.2, 0.25) is 0 Å². The highest BCUT2D eigenvalue weighted by molar-refractivity contribution is 7.12. The van der Waals surface area contributed by atoms with E-state index in [4.69, 9.17) is 4.74 Å². The number of rotatable bonds is 4. The van der Waals surface area contributed by atoms with Crippen molar-refractivity contribution in [3.8, 4) is 0 Å². The Morgan fingerprint density at radius 1 is 1.15 bits per heavy atom. The first-order valence-electron chi connectivity index (χ1n) is 9.29. The Balaban J connectivity index is 1.59. The highest BCUT2D eigenvalue weighted by Crippen LogP contribution is 2.45. The number of hydrogen-bond donors (Lipinski definition) is 2. The fourth-order valence-corrected chi connectivity index (χ4v) is 6.69. The first-order chi connectivity index (χ1) is 12.8. The summed E-state index contributed by atoms with van der Waals surface area (Å²) in [4.78, 5) is 14.3. The molecular weight excluding hydrogens is 382 g/mol. The van der Waals surface area contributed by atoms with Crippen LogP contribution in [0.15, 0.2) is 35.0 Å². The number of carbonyl (C=O) groups excluding carboxylic acids is 1. The number of hydrogen-bond acceptors (Lipinski definition) is 6. The topological polar surface area (TPSA) is 66.8 Å². The summed E-state index contributed by atoms with van der Waals surface area (Å²) in [6.45, 7) is 2.08. The molecule has 2 bridgehead atoms. The van der Waals surface area contributed by atoms with Crippen molar-refractivity contribution in [1.29, 1.82) is 0 Å². The number of nitrogens with zero attached hydrogens (tertiary/aromatic N) is 1. The van der Waals surface area contributed by atoms with Gasteiger partial charge in [-0.15, -0.1) is 22.7 Å². The Bertz CT molecular complexity index is 748. The summed E-state index contributed by atoms with van der Waals surface area (Å²) in [5, 5.41) is 25.7. The van der Waals surface area contributed by atoms with Crippen molar-refractivity contribution in [3.05, 3.63) is 44.8 Å². The predicted octanol–water partition coefficient (Wildman–Crippen LogP) is 2.58. The minimum Gasteiger partial charge on any atom is -0.459 e. The molecule has 27 heavy (non-hydrogen) atoms. The van der Waals surface area contributed by atoms with Gasteiger partial charge in [-0.3, -0.25) is 0 Å². The zero-order valence-electron chi connectivity index (χ0n) is 15.7. The van der Waals surface area contributed by atoms with Crippen molar-refractivity contribution in [2.75, 3.05) is 14.1 Å².